The zero-order valence-electron chi connectivity index (χ0n) is 13.8. The Morgan fingerprint density at radius 3 is 2.44 bits per heavy atom. The molecule has 0 unspecified atom stereocenters. The number of carbonyl (C=O) groups excluding carboxylic acids is 1. The van der Waals surface area contributed by atoms with E-state index in [1.807, 2.05) is 53.4 Å². The van der Waals surface area contributed by atoms with E-state index in [2.05, 4.69) is 4.72 Å². The van der Waals surface area contributed by atoms with E-state index in [1.165, 1.54) is 0 Å². The van der Waals surface area contributed by atoms with Crippen LogP contribution in [0.25, 0.3) is 11.1 Å². The summed E-state index contributed by atoms with van der Waals surface area (Å²) in [5.41, 5.74) is 3.86. The largest absolute Gasteiger partial charge is 0.338 e. The first-order valence-electron chi connectivity index (χ1n) is 8.15. The maximum Gasteiger partial charge on any atom is 0.274 e. The fraction of sp³-hybridized carbons (Fsp3) is 0.278. The summed E-state index contributed by atoms with van der Waals surface area (Å²) in [5.74, 6) is 0.212. The van der Waals surface area contributed by atoms with Gasteiger partial charge in [0.1, 0.15) is 0 Å². The van der Waals surface area contributed by atoms with Crippen LogP contribution in [-0.4, -0.2) is 25.8 Å². The fourth-order valence-corrected chi connectivity index (χ4v) is 3.37. The van der Waals surface area contributed by atoms with Crippen LogP contribution in [0.3, 0.4) is 0 Å². The lowest BCUT2D eigenvalue weighted by molar-refractivity contribution is -0.128. The number of rotatable bonds is 6. The van der Waals surface area contributed by atoms with E-state index in [0.717, 1.165) is 35.2 Å². The number of benzene rings is 2. The van der Waals surface area contributed by atoms with Gasteiger partial charge in [0.05, 0.1) is 0 Å². The van der Waals surface area contributed by atoms with E-state index in [-0.39, 0.29) is 12.5 Å². The number of hydrogen-bond donors (Lipinski definition) is 2. The predicted octanol–water partition coefficient (Wildman–Crippen LogP) is 1.77. The van der Waals surface area contributed by atoms with Crippen LogP contribution >= 0.6 is 0 Å². The van der Waals surface area contributed by atoms with Crippen molar-refractivity contribution in [3.63, 3.8) is 0 Å². The lowest BCUT2D eigenvalue weighted by atomic mass is 9.98. The lowest BCUT2D eigenvalue weighted by Crippen LogP contribution is -2.30. The Morgan fingerprint density at radius 1 is 1.08 bits per heavy atom. The maximum atomic E-state index is 11.7. The third kappa shape index (κ3) is 4.66. The van der Waals surface area contributed by atoms with Gasteiger partial charge in [0, 0.05) is 26.1 Å². The second kappa shape index (κ2) is 7.35. The number of amides is 1. The summed E-state index contributed by atoms with van der Waals surface area (Å²) in [5, 5.41) is 5.01. The van der Waals surface area contributed by atoms with Gasteiger partial charge < -0.3 is 4.90 Å². The molecular weight excluding hydrogens is 338 g/mol. The van der Waals surface area contributed by atoms with Crippen LogP contribution in [0, 0.1) is 0 Å². The molecular formula is C18H21N3O3S. The monoisotopic (exact) mass is 359 g/mol. The Balaban J connectivity index is 1.77. The summed E-state index contributed by atoms with van der Waals surface area (Å²) in [6.07, 6.45) is 1.57. The molecule has 2 aromatic rings. The van der Waals surface area contributed by atoms with Crippen LogP contribution in [0.1, 0.15) is 24.0 Å². The highest BCUT2D eigenvalue weighted by Gasteiger charge is 2.19. The van der Waals surface area contributed by atoms with Gasteiger partial charge in [-0.05, 0) is 28.7 Å². The Hall–Kier alpha value is -2.22. The summed E-state index contributed by atoms with van der Waals surface area (Å²) in [6.45, 7) is 1.59. The van der Waals surface area contributed by atoms with Crippen molar-refractivity contribution >= 4 is 16.1 Å². The number of carbonyl (C=O) groups is 1. The molecule has 1 saturated heterocycles. The van der Waals surface area contributed by atoms with Gasteiger partial charge in [-0.25, -0.2) is 5.14 Å². The second-order valence-electron chi connectivity index (χ2n) is 6.14. The number of nitrogens with zero attached hydrogens (tertiary/aromatic N) is 1. The SMILES string of the molecule is NS(=O)(=O)NCc1ccccc1-c1ccc(CN2CCCC2=O)cc1. The Kier molecular flexibility index (Phi) is 5.17. The van der Waals surface area contributed by atoms with Crippen molar-refractivity contribution in [1.82, 2.24) is 9.62 Å². The molecule has 3 N–H and O–H groups in total. The Labute approximate surface area is 147 Å². The molecule has 1 fully saturated rings. The van der Waals surface area contributed by atoms with Crippen molar-refractivity contribution in [3.8, 4) is 11.1 Å². The summed E-state index contributed by atoms with van der Waals surface area (Å²) in [6, 6.07) is 15.6. The van der Waals surface area contributed by atoms with E-state index in [4.69, 9.17) is 5.14 Å². The van der Waals surface area contributed by atoms with Crippen molar-refractivity contribution in [2.45, 2.75) is 25.9 Å². The molecule has 1 aliphatic rings. The molecule has 3 rings (SSSR count). The van der Waals surface area contributed by atoms with Gasteiger partial charge in [0.15, 0.2) is 0 Å². The Bertz CT molecular complexity index is 863. The summed E-state index contributed by atoms with van der Waals surface area (Å²) in [7, 11) is -3.73. The molecule has 0 atom stereocenters. The van der Waals surface area contributed by atoms with E-state index in [9.17, 15) is 13.2 Å². The number of nitrogens with one attached hydrogen (secondary N) is 1. The molecule has 1 aliphatic heterocycles. The van der Waals surface area contributed by atoms with Gasteiger partial charge in [0.2, 0.25) is 5.91 Å². The smallest absolute Gasteiger partial charge is 0.274 e. The molecule has 0 aliphatic carbocycles. The van der Waals surface area contributed by atoms with Crippen LogP contribution in [-0.2, 0) is 28.1 Å². The molecule has 25 heavy (non-hydrogen) atoms. The van der Waals surface area contributed by atoms with Gasteiger partial charge in [0.25, 0.3) is 10.2 Å². The van der Waals surface area contributed by atoms with Gasteiger partial charge in [-0.3, -0.25) is 4.79 Å². The van der Waals surface area contributed by atoms with Crippen molar-refractivity contribution in [2.24, 2.45) is 5.14 Å². The van der Waals surface area contributed by atoms with E-state index < -0.39 is 10.2 Å². The maximum absolute atomic E-state index is 11.7. The van der Waals surface area contributed by atoms with Gasteiger partial charge in [-0.2, -0.15) is 13.1 Å². The third-order valence-electron chi connectivity index (χ3n) is 4.29. The first kappa shape index (κ1) is 17.6. The molecule has 0 aromatic heterocycles. The van der Waals surface area contributed by atoms with Crippen LogP contribution in [0.5, 0.6) is 0 Å². The molecule has 6 nitrogen and oxygen atoms in total. The fourth-order valence-electron chi connectivity index (χ4n) is 3.02. The molecule has 0 bridgehead atoms. The average molecular weight is 359 g/mol. The quantitative estimate of drug-likeness (QED) is 0.823. The van der Waals surface area contributed by atoms with Crippen LogP contribution in [0.4, 0.5) is 0 Å². The third-order valence-corrected chi connectivity index (χ3v) is 4.84. The van der Waals surface area contributed by atoms with Gasteiger partial charge in [-0.15, -0.1) is 0 Å². The molecule has 0 spiro atoms. The van der Waals surface area contributed by atoms with Crippen molar-refractivity contribution < 1.29 is 13.2 Å². The summed E-state index contributed by atoms with van der Waals surface area (Å²) >= 11 is 0. The highest BCUT2D eigenvalue weighted by Crippen LogP contribution is 2.25. The molecule has 2 aromatic carbocycles. The number of hydrogen-bond acceptors (Lipinski definition) is 3. The van der Waals surface area contributed by atoms with Crippen molar-refractivity contribution in [3.05, 3.63) is 59.7 Å². The number of nitrogens with two attached hydrogens (primary N) is 1. The standard InChI is InChI=1S/C18H21N3O3S/c19-25(23,24)20-12-16-4-1-2-5-17(16)15-9-7-14(8-10-15)13-21-11-3-6-18(21)22/h1-2,4-5,7-10,20H,3,6,11-13H2,(H2,19,23,24). The molecule has 0 saturated carbocycles. The van der Waals surface area contributed by atoms with Crippen LogP contribution in [0.2, 0.25) is 0 Å². The number of likely N-dealkylation sites (tertiary alicyclic amines) is 1. The van der Waals surface area contributed by atoms with Crippen LogP contribution in [0.15, 0.2) is 48.5 Å². The second-order valence-corrected chi connectivity index (χ2v) is 7.52. The van der Waals surface area contributed by atoms with Gasteiger partial charge >= 0.3 is 0 Å². The molecule has 0 radical (unpaired) electrons. The zero-order valence-corrected chi connectivity index (χ0v) is 14.6. The highest BCUT2D eigenvalue weighted by atomic mass is 32.2. The van der Waals surface area contributed by atoms with E-state index in [1.54, 1.807) is 0 Å². The van der Waals surface area contributed by atoms with E-state index >= 15 is 0 Å². The first-order chi connectivity index (χ1) is 11.9. The van der Waals surface area contributed by atoms with Crippen LogP contribution < -0.4 is 9.86 Å². The highest BCUT2D eigenvalue weighted by molar-refractivity contribution is 7.87. The normalized spacial score (nSPS) is 14.9. The molecule has 132 valence electrons. The van der Waals surface area contributed by atoms with Crippen molar-refractivity contribution in [2.75, 3.05) is 6.54 Å². The Morgan fingerprint density at radius 2 is 1.80 bits per heavy atom. The molecule has 1 heterocycles. The lowest BCUT2D eigenvalue weighted by Gasteiger charge is -2.16. The van der Waals surface area contributed by atoms with E-state index in [0.29, 0.717) is 13.0 Å². The summed E-state index contributed by atoms with van der Waals surface area (Å²) in [4.78, 5) is 13.6. The van der Waals surface area contributed by atoms with Crippen molar-refractivity contribution in [1.29, 1.82) is 0 Å². The molecule has 7 heteroatoms. The summed E-state index contributed by atoms with van der Waals surface area (Å²) < 4.78 is 24.6. The minimum absolute atomic E-state index is 0.138. The average Bonchev–Trinajstić information content (AvgIpc) is 2.98. The zero-order chi connectivity index (χ0) is 17.9. The van der Waals surface area contributed by atoms with Gasteiger partial charge in [-0.1, -0.05) is 48.5 Å². The predicted molar refractivity (Wildman–Crippen MR) is 96.5 cm³/mol. The molecule has 1 amide bonds. The minimum atomic E-state index is -3.73. The minimum Gasteiger partial charge on any atom is -0.338 e. The first-order valence-corrected chi connectivity index (χ1v) is 9.69. The topological polar surface area (TPSA) is 92.5 Å².